The van der Waals surface area contributed by atoms with E-state index in [0.717, 1.165) is 16.0 Å². The fraction of sp³-hybridized carbons (Fsp3) is 0.143. The number of nitrogens with one attached hydrogen (secondary N) is 1. The summed E-state index contributed by atoms with van der Waals surface area (Å²) in [7, 11) is 1.56. The summed E-state index contributed by atoms with van der Waals surface area (Å²) in [5.41, 5.74) is 0.675. The van der Waals surface area contributed by atoms with Crippen LogP contribution in [0, 0.1) is 11.3 Å². The van der Waals surface area contributed by atoms with E-state index in [1.165, 1.54) is 17.8 Å². The quantitative estimate of drug-likeness (QED) is 0.460. The van der Waals surface area contributed by atoms with Crippen molar-refractivity contribution in [2.75, 3.05) is 18.7 Å². The third-order valence-electron chi connectivity index (χ3n) is 2.66. The molecule has 0 atom stereocenters. The van der Waals surface area contributed by atoms with E-state index in [4.69, 9.17) is 4.74 Å². The Labute approximate surface area is 149 Å². The highest BCUT2D eigenvalue weighted by atomic mass is 79.9. The summed E-state index contributed by atoms with van der Waals surface area (Å²) < 4.78 is 9.92. The molecule has 23 heavy (non-hydrogen) atoms. The van der Waals surface area contributed by atoms with Crippen LogP contribution >= 0.6 is 39.2 Å². The van der Waals surface area contributed by atoms with Crippen LogP contribution in [0.5, 0.6) is 5.75 Å². The van der Waals surface area contributed by atoms with E-state index in [-0.39, 0.29) is 5.57 Å². The first-order chi connectivity index (χ1) is 11.1. The van der Waals surface area contributed by atoms with Crippen molar-refractivity contribution in [1.82, 2.24) is 9.36 Å². The van der Waals surface area contributed by atoms with Crippen molar-refractivity contribution in [3.63, 3.8) is 0 Å². The number of ether oxygens (including phenoxy) is 1. The zero-order valence-electron chi connectivity index (χ0n) is 12.2. The number of carbonyl (C=O) groups excluding carboxylic acids is 1. The van der Waals surface area contributed by atoms with Crippen molar-refractivity contribution < 1.29 is 9.53 Å². The van der Waals surface area contributed by atoms with Gasteiger partial charge in [-0.2, -0.15) is 14.6 Å². The highest BCUT2D eigenvalue weighted by Crippen LogP contribution is 2.26. The Morgan fingerprint density at radius 3 is 2.91 bits per heavy atom. The first kappa shape index (κ1) is 17.5. The molecular formula is C14H11BrN4O2S2. The van der Waals surface area contributed by atoms with E-state index in [2.05, 4.69) is 30.6 Å². The Hall–Kier alpha value is -1.89. The molecule has 1 aromatic heterocycles. The third kappa shape index (κ3) is 4.54. The van der Waals surface area contributed by atoms with E-state index in [0.29, 0.717) is 21.6 Å². The van der Waals surface area contributed by atoms with Crippen molar-refractivity contribution in [3.8, 4) is 11.8 Å². The second-order valence-electron chi connectivity index (χ2n) is 4.10. The first-order valence-corrected chi connectivity index (χ1v) is 9.01. The van der Waals surface area contributed by atoms with E-state index >= 15 is 0 Å². The molecule has 0 aliphatic carbocycles. The number of aromatic nitrogens is 2. The Balaban J connectivity index is 2.19. The van der Waals surface area contributed by atoms with Crippen LogP contribution in [0.4, 0.5) is 5.13 Å². The van der Waals surface area contributed by atoms with Crippen molar-refractivity contribution in [1.29, 1.82) is 5.26 Å². The van der Waals surface area contributed by atoms with Crippen molar-refractivity contribution in [2.45, 2.75) is 5.16 Å². The lowest BCUT2D eigenvalue weighted by Gasteiger charge is -2.04. The predicted molar refractivity (Wildman–Crippen MR) is 94.6 cm³/mol. The predicted octanol–water partition coefficient (Wildman–Crippen LogP) is 3.58. The minimum atomic E-state index is -0.525. The molecule has 0 saturated heterocycles. The van der Waals surface area contributed by atoms with E-state index in [9.17, 15) is 10.1 Å². The highest BCUT2D eigenvalue weighted by Gasteiger charge is 2.13. The Morgan fingerprint density at radius 2 is 2.35 bits per heavy atom. The number of hydrogen-bond donors (Lipinski definition) is 1. The summed E-state index contributed by atoms with van der Waals surface area (Å²) in [6.45, 7) is 0. The Kier molecular flexibility index (Phi) is 6.15. The molecule has 2 aromatic rings. The Morgan fingerprint density at radius 1 is 1.57 bits per heavy atom. The van der Waals surface area contributed by atoms with Crippen LogP contribution < -0.4 is 10.1 Å². The smallest absolute Gasteiger partial charge is 0.268 e. The van der Waals surface area contributed by atoms with Crippen LogP contribution in [0.3, 0.4) is 0 Å². The molecule has 2 rings (SSSR count). The topological polar surface area (TPSA) is 87.9 Å². The van der Waals surface area contributed by atoms with Crippen LogP contribution in [-0.4, -0.2) is 28.6 Å². The third-order valence-corrected chi connectivity index (χ3v) is 4.58. The van der Waals surface area contributed by atoms with Gasteiger partial charge in [0.2, 0.25) is 10.3 Å². The van der Waals surface area contributed by atoms with E-state index in [1.807, 2.05) is 12.3 Å². The minimum absolute atomic E-state index is 0.0250. The van der Waals surface area contributed by atoms with Gasteiger partial charge in [-0.15, -0.1) is 0 Å². The largest absolute Gasteiger partial charge is 0.496 e. The zero-order valence-corrected chi connectivity index (χ0v) is 15.4. The molecule has 0 saturated carbocycles. The summed E-state index contributed by atoms with van der Waals surface area (Å²) >= 11 is 5.81. The summed E-state index contributed by atoms with van der Waals surface area (Å²) in [5.74, 6) is 0.145. The van der Waals surface area contributed by atoms with Crippen LogP contribution in [0.25, 0.3) is 6.08 Å². The number of anilines is 1. The molecular weight excluding hydrogens is 400 g/mol. The molecule has 1 amide bonds. The number of nitriles is 1. The second kappa shape index (κ2) is 8.10. The fourth-order valence-corrected chi connectivity index (χ4v) is 3.28. The molecule has 0 unspecified atom stereocenters. The molecule has 0 radical (unpaired) electrons. The average molecular weight is 411 g/mol. The average Bonchev–Trinajstić information content (AvgIpc) is 3.00. The zero-order chi connectivity index (χ0) is 16.8. The number of amides is 1. The van der Waals surface area contributed by atoms with Gasteiger partial charge in [0.25, 0.3) is 5.91 Å². The summed E-state index contributed by atoms with van der Waals surface area (Å²) in [4.78, 5) is 16.3. The lowest BCUT2D eigenvalue weighted by Crippen LogP contribution is -2.13. The highest BCUT2D eigenvalue weighted by molar-refractivity contribution is 9.10. The van der Waals surface area contributed by atoms with Gasteiger partial charge in [0.15, 0.2) is 0 Å². The van der Waals surface area contributed by atoms with Gasteiger partial charge in [-0.25, -0.2) is 0 Å². The number of carbonyl (C=O) groups is 1. The van der Waals surface area contributed by atoms with Gasteiger partial charge in [-0.05, 0) is 46.0 Å². The molecule has 0 aliphatic heterocycles. The van der Waals surface area contributed by atoms with Gasteiger partial charge < -0.3 is 4.74 Å². The maximum absolute atomic E-state index is 12.1. The lowest BCUT2D eigenvalue weighted by molar-refractivity contribution is -0.112. The number of halogens is 1. The van der Waals surface area contributed by atoms with Gasteiger partial charge in [-0.1, -0.05) is 17.8 Å². The summed E-state index contributed by atoms with van der Waals surface area (Å²) in [5, 5.41) is 12.7. The van der Waals surface area contributed by atoms with Gasteiger partial charge in [0, 0.05) is 11.5 Å². The monoisotopic (exact) mass is 410 g/mol. The minimum Gasteiger partial charge on any atom is -0.496 e. The number of nitrogens with zero attached hydrogens (tertiary/aromatic N) is 3. The van der Waals surface area contributed by atoms with Crippen molar-refractivity contribution >= 4 is 56.3 Å². The standard InChI is InChI=1S/C14H11BrN4O2S2/c1-21-11-4-3-8(6-10(11)15)5-9(7-16)12(20)17-13-18-14(22-2)19-23-13/h3-6H,1-2H3,(H,17,18,19,20)/b9-5-. The van der Waals surface area contributed by atoms with Gasteiger partial charge in [0.1, 0.15) is 17.4 Å². The van der Waals surface area contributed by atoms with Crippen molar-refractivity contribution in [2.24, 2.45) is 0 Å². The summed E-state index contributed by atoms with van der Waals surface area (Å²) in [6, 6.07) is 7.16. The molecule has 118 valence electrons. The molecule has 1 heterocycles. The number of benzene rings is 1. The van der Waals surface area contributed by atoms with Crippen LogP contribution in [-0.2, 0) is 4.79 Å². The molecule has 1 N–H and O–H groups in total. The number of hydrogen-bond acceptors (Lipinski definition) is 7. The number of thioether (sulfide) groups is 1. The van der Waals surface area contributed by atoms with Crippen LogP contribution in [0.2, 0.25) is 0 Å². The van der Waals surface area contributed by atoms with Gasteiger partial charge in [-0.3, -0.25) is 10.1 Å². The molecule has 1 aromatic carbocycles. The first-order valence-electron chi connectivity index (χ1n) is 6.21. The molecule has 0 spiro atoms. The van der Waals surface area contributed by atoms with Crippen LogP contribution in [0.1, 0.15) is 5.56 Å². The Bertz CT molecular complexity index is 798. The molecule has 0 fully saturated rings. The van der Waals surface area contributed by atoms with Gasteiger partial charge >= 0.3 is 0 Å². The van der Waals surface area contributed by atoms with Crippen molar-refractivity contribution in [3.05, 3.63) is 33.8 Å². The summed E-state index contributed by atoms with van der Waals surface area (Å²) in [6.07, 6.45) is 3.34. The second-order valence-corrected chi connectivity index (χ2v) is 6.48. The SMILES string of the molecule is COc1ccc(/C=C(/C#N)C(=O)Nc2nc(SC)ns2)cc1Br. The number of rotatable bonds is 5. The van der Waals surface area contributed by atoms with E-state index in [1.54, 1.807) is 25.3 Å². The molecule has 0 bridgehead atoms. The fourth-order valence-electron chi connectivity index (χ4n) is 1.60. The maximum Gasteiger partial charge on any atom is 0.268 e. The number of methoxy groups -OCH3 is 1. The molecule has 0 aliphatic rings. The van der Waals surface area contributed by atoms with Gasteiger partial charge in [0.05, 0.1) is 11.6 Å². The molecule has 9 heteroatoms. The maximum atomic E-state index is 12.1. The lowest BCUT2D eigenvalue weighted by atomic mass is 10.1. The normalized spacial score (nSPS) is 11.0. The molecule has 6 nitrogen and oxygen atoms in total. The van der Waals surface area contributed by atoms with E-state index < -0.39 is 5.91 Å². The van der Waals surface area contributed by atoms with Crippen LogP contribution in [0.15, 0.2) is 33.4 Å².